The highest BCUT2D eigenvalue weighted by atomic mass is 35.5. The fourth-order valence-corrected chi connectivity index (χ4v) is 8.49. The maximum absolute atomic E-state index is 16.8. The van der Waals surface area contributed by atoms with Gasteiger partial charge in [-0.15, -0.1) is 0 Å². The molecule has 0 N–H and O–H groups in total. The molecule has 0 aliphatic carbocycles. The topological polar surface area (TPSA) is 77.9 Å². The molecule has 0 unspecified atom stereocenters. The average molecular weight is 706 g/mol. The summed E-state index contributed by atoms with van der Waals surface area (Å²) in [6.07, 6.45) is 5.58. The molecule has 6 heterocycles. The van der Waals surface area contributed by atoms with Crippen LogP contribution in [0.4, 0.5) is 19.0 Å². The minimum absolute atomic E-state index is 0.0460. The molecular formula is C37H39ClF3N7O2. The molecule has 2 aromatic heterocycles. The Labute approximate surface area is 293 Å². The molecule has 5 atom stereocenters. The summed E-state index contributed by atoms with van der Waals surface area (Å²) in [4.78, 5) is 34.2. The van der Waals surface area contributed by atoms with Gasteiger partial charge in [0.05, 0.1) is 23.5 Å². The van der Waals surface area contributed by atoms with Gasteiger partial charge >= 0.3 is 6.01 Å². The number of carbonyl (C=O) groups is 1. The number of rotatable bonds is 8. The van der Waals surface area contributed by atoms with E-state index in [-0.39, 0.29) is 60.1 Å². The van der Waals surface area contributed by atoms with Gasteiger partial charge in [-0.05, 0) is 44.3 Å². The number of ether oxygens (including phenoxy) is 1. The number of anilines is 1. The highest BCUT2D eigenvalue weighted by Crippen LogP contribution is 2.41. The zero-order chi connectivity index (χ0) is 34.7. The third-order valence-corrected chi connectivity index (χ3v) is 11.5. The zero-order valence-electron chi connectivity index (χ0n) is 28.0. The van der Waals surface area contributed by atoms with Crippen molar-refractivity contribution in [1.82, 2.24) is 29.7 Å². The molecule has 4 saturated heterocycles. The van der Waals surface area contributed by atoms with Crippen molar-refractivity contribution in [2.24, 2.45) is 0 Å². The van der Waals surface area contributed by atoms with Crippen molar-refractivity contribution in [3.63, 3.8) is 0 Å². The van der Waals surface area contributed by atoms with Crippen LogP contribution in [0.2, 0.25) is 5.02 Å². The summed E-state index contributed by atoms with van der Waals surface area (Å²) < 4.78 is 53.4. The van der Waals surface area contributed by atoms with Crippen LogP contribution < -0.4 is 9.64 Å². The van der Waals surface area contributed by atoms with Crippen LogP contribution in [0, 0.1) is 5.82 Å². The second-order valence-corrected chi connectivity index (χ2v) is 14.6. The Balaban J connectivity index is 1.16. The van der Waals surface area contributed by atoms with Gasteiger partial charge in [-0.25, -0.2) is 13.2 Å². The van der Waals surface area contributed by atoms with Crippen molar-refractivity contribution in [2.45, 2.75) is 55.6 Å². The first-order chi connectivity index (χ1) is 24.1. The first kappa shape index (κ1) is 33.2. The number of benzene rings is 2. The van der Waals surface area contributed by atoms with E-state index in [1.54, 1.807) is 24.1 Å². The summed E-state index contributed by atoms with van der Waals surface area (Å²) >= 11 is 6.60. The summed E-state index contributed by atoms with van der Waals surface area (Å²) in [6, 6.07) is 10.3. The number of nitrogens with zero attached hydrogens (tertiary/aromatic N) is 7. The Hall–Kier alpha value is -4.00. The monoisotopic (exact) mass is 705 g/mol. The maximum Gasteiger partial charge on any atom is 0.319 e. The Morgan fingerprint density at radius 1 is 1.14 bits per heavy atom. The zero-order valence-corrected chi connectivity index (χ0v) is 28.8. The Morgan fingerprint density at radius 3 is 2.74 bits per heavy atom. The first-order valence-electron chi connectivity index (χ1n) is 17.2. The van der Waals surface area contributed by atoms with Gasteiger partial charge in [-0.1, -0.05) is 48.0 Å². The van der Waals surface area contributed by atoms with E-state index < -0.39 is 29.7 Å². The number of likely N-dealkylation sites (tertiary alicyclic amines) is 2. The van der Waals surface area contributed by atoms with Crippen LogP contribution in [0.15, 0.2) is 54.7 Å². The molecule has 1 amide bonds. The van der Waals surface area contributed by atoms with Gasteiger partial charge in [0.2, 0.25) is 5.91 Å². The molecule has 0 bridgehead atoms. The van der Waals surface area contributed by atoms with Gasteiger partial charge in [0.15, 0.2) is 5.82 Å². The second-order valence-electron chi connectivity index (χ2n) is 14.2. The lowest BCUT2D eigenvalue weighted by molar-refractivity contribution is -0.125. The number of amides is 1. The molecule has 4 aliphatic rings. The molecule has 2 aromatic carbocycles. The fraction of sp³-hybridized carbons (Fsp3) is 0.459. The largest absolute Gasteiger partial charge is 0.461 e. The molecule has 262 valence electrons. The summed E-state index contributed by atoms with van der Waals surface area (Å²) in [5, 5.41) is 2.21. The summed E-state index contributed by atoms with van der Waals surface area (Å²) in [5.74, 6) is -0.731. The van der Waals surface area contributed by atoms with Crippen LogP contribution in [0.3, 0.4) is 0 Å². The molecule has 13 heteroatoms. The Bertz CT molecular complexity index is 1990. The third-order valence-electron chi connectivity index (χ3n) is 11.2. The first-order valence-corrected chi connectivity index (χ1v) is 17.6. The molecule has 0 radical (unpaired) electrons. The number of carbonyl (C=O) groups excluding carboxylic acids is 1. The van der Waals surface area contributed by atoms with Crippen LogP contribution in [0.25, 0.3) is 32.9 Å². The highest BCUT2D eigenvalue weighted by Gasteiger charge is 2.49. The lowest BCUT2D eigenvalue weighted by Gasteiger charge is -2.35. The summed E-state index contributed by atoms with van der Waals surface area (Å²) in [7, 11) is 3.67. The molecule has 0 spiro atoms. The second kappa shape index (κ2) is 13.0. The van der Waals surface area contributed by atoms with E-state index in [1.807, 2.05) is 37.4 Å². The van der Waals surface area contributed by atoms with Crippen molar-refractivity contribution >= 4 is 45.0 Å². The van der Waals surface area contributed by atoms with Crippen LogP contribution in [0.5, 0.6) is 6.01 Å². The van der Waals surface area contributed by atoms with E-state index in [0.717, 1.165) is 37.7 Å². The maximum atomic E-state index is 16.8. The standard InChI is InChI=1S/C37H39ClF3N7O2/c1-45-15-12-24(45)10-11-30(49)47-19-28(40)29(20-47)46(2)35-26-17-42-33(25-8-3-6-22-7-4-9-27(38)31(22)25)32(41)34(26)43-36(44-35)50-21-37-13-5-14-48(37)18-23(39)16-37/h3-4,6-11,17,23-24,28-29H,5,12-16,18-21H2,1-2H3/b11-10+/t23-,24+,28+,29+,37+/m1/s1. The molecule has 8 rings (SSSR count). The Morgan fingerprint density at radius 2 is 1.96 bits per heavy atom. The van der Waals surface area contributed by atoms with Crippen LogP contribution >= 0.6 is 11.6 Å². The van der Waals surface area contributed by atoms with E-state index in [0.29, 0.717) is 28.9 Å². The van der Waals surface area contributed by atoms with Gasteiger partial charge in [-0.2, -0.15) is 9.97 Å². The predicted octanol–water partition coefficient (Wildman–Crippen LogP) is 5.84. The number of fused-ring (bicyclic) bond motifs is 3. The molecule has 9 nitrogen and oxygen atoms in total. The smallest absolute Gasteiger partial charge is 0.319 e. The van der Waals surface area contributed by atoms with Gasteiger partial charge in [-0.3, -0.25) is 19.6 Å². The van der Waals surface area contributed by atoms with Crippen molar-refractivity contribution in [1.29, 1.82) is 0 Å². The van der Waals surface area contributed by atoms with Gasteiger partial charge in [0, 0.05) is 67.4 Å². The minimum atomic E-state index is -1.39. The van der Waals surface area contributed by atoms with Crippen molar-refractivity contribution in [3.8, 4) is 17.3 Å². The van der Waals surface area contributed by atoms with E-state index in [2.05, 4.69) is 19.8 Å². The number of likely N-dealkylation sites (N-methyl/N-ethyl adjacent to an activating group) is 2. The molecular weight excluding hydrogens is 667 g/mol. The average Bonchev–Trinajstić information content (AvgIpc) is 3.77. The van der Waals surface area contributed by atoms with Crippen LogP contribution in [-0.2, 0) is 4.79 Å². The lowest BCUT2D eigenvalue weighted by atomic mass is 9.95. The predicted molar refractivity (Wildman–Crippen MR) is 188 cm³/mol. The molecule has 50 heavy (non-hydrogen) atoms. The van der Waals surface area contributed by atoms with Crippen LogP contribution in [0.1, 0.15) is 25.7 Å². The van der Waals surface area contributed by atoms with E-state index >= 15 is 8.78 Å². The normalized spacial score (nSPS) is 27.0. The SMILES string of the molecule is CN1CC[C@@H]1/C=C/C(=O)N1C[C@H](F)[C@@H](N(C)c2nc(OC[C@@]34CCCN3C[C@H](F)C4)nc3c(F)c(-c4cccc5cccc(Cl)c45)ncc23)C1. The van der Waals surface area contributed by atoms with E-state index in [1.165, 1.54) is 17.2 Å². The number of hydrogen-bond donors (Lipinski definition) is 0. The fourth-order valence-electron chi connectivity index (χ4n) is 8.21. The summed E-state index contributed by atoms with van der Waals surface area (Å²) in [5.41, 5.74) is 0.0223. The van der Waals surface area contributed by atoms with Gasteiger partial charge < -0.3 is 14.5 Å². The number of aromatic nitrogens is 3. The lowest BCUT2D eigenvalue weighted by Crippen LogP contribution is -2.43. The highest BCUT2D eigenvalue weighted by molar-refractivity contribution is 6.36. The van der Waals surface area contributed by atoms with Crippen molar-refractivity contribution in [3.05, 3.63) is 65.6 Å². The molecule has 4 aliphatic heterocycles. The quantitative estimate of drug-likeness (QED) is 0.212. The molecule has 0 saturated carbocycles. The third kappa shape index (κ3) is 5.75. The minimum Gasteiger partial charge on any atom is -0.461 e. The summed E-state index contributed by atoms with van der Waals surface area (Å²) in [6.45, 7) is 2.30. The van der Waals surface area contributed by atoms with Crippen molar-refractivity contribution < 1.29 is 22.7 Å². The van der Waals surface area contributed by atoms with E-state index in [4.69, 9.17) is 21.3 Å². The van der Waals surface area contributed by atoms with Crippen LogP contribution in [-0.4, -0.2) is 119 Å². The number of hydrogen-bond acceptors (Lipinski definition) is 8. The van der Waals surface area contributed by atoms with Gasteiger partial charge in [0.1, 0.15) is 36.0 Å². The number of alkyl halides is 2. The molecule has 4 fully saturated rings. The Kier molecular flexibility index (Phi) is 8.59. The van der Waals surface area contributed by atoms with Gasteiger partial charge in [0.25, 0.3) is 0 Å². The number of pyridine rings is 1. The number of halogens is 4. The van der Waals surface area contributed by atoms with Crippen molar-refractivity contribution in [2.75, 3.05) is 58.3 Å². The van der Waals surface area contributed by atoms with E-state index in [9.17, 15) is 9.18 Å². The molecule has 4 aromatic rings.